The van der Waals surface area contributed by atoms with E-state index in [1.54, 1.807) is 13.1 Å². The number of amides is 1. The standard InChI is InChI=1S/C17H23N5O2/c1-11-20-13(9-15(23)21-11)7-8-18-17(24)14-10-19-22-16(14)12-5-3-2-4-6-12/h9-10,12H,2-8H2,1H3,(H,18,24)(H,19,22)(H,20,21,23). The lowest BCUT2D eigenvalue weighted by Gasteiger charge is -2.21. The molecule has 3 rings (SSSR count). The Labute approximate surface area is 140 Å². The molecule has 1 aliphatic rings. The van der Waals surface area contributed by atoms with Gasteiger partial charge in [-0.2, -0.15) is 5.10 Å². The molecule has 0 atom stereocenters. The number of carbonyl (C=O) groups excluding carboxylic acids is 1. The van der Waals surface area contributed by atoms with Crippen LogP contribution < -0.4 is 10.9 Å². The number of hydrogen-bond acceptors (Lipinski definition) is 4. The van der Waals surface area contributed by atoms with Crippen molar-refractivity contribution < 1.29 is 4.79 Å². The van der Waals surface area contributed by atoms with Gasteiger partial charge in [0.2, 0.25) is 0 Å². The maximum Gasteiger partial charge on any atom is 0.254 e. The predicted octanol–water partition coefficient (Wildman–Crippen LogP) is 1.82. The Kier molecular flexibility index (Phi) is 5.08. The molecule has 7 heteroatoms. The van der Waals surface area contributed by atoms with Crippen LogP contribution in [0.2, 0.25) is 0 Å². The molecule has 24 heavy (non-hydrogen) atoms. The molecule has 0 aliphatic heterocycles. The van der Waals surface area contributed by atoms with Crippen molar-refractivity contribution in [3.05, 3.63) is 45.4 Å². The highest BCUT2D eigenvalue weighted by Crippen LogP contribution is 2.33. The second kappa shape index (κ2) is 7.42. The Morgan fingerprint density at radius 1 is 1.33 bits per heavy atom. The van der Waals surface area contributed by atoms with E-state index in [1.165, 1.54) is 25.3 Å². The molecule has 128 valence electrons. The average molecular weight is 329 g/mol. The largest absolute Gasteiger partial charge is 0.352 e. The molecule has 0 radical (unpaired) electrons. The molecule has 1 saturated carbocycles. The molecule has 2 aromatic heterocycles. The zero-order valence-electron chi connectivity index (χ0n) is 13.9. The molecule has 0 spiro atoms. The van der Waals surface area contributed by atoms with Gasteiger partial charge in [-0.15, -0.1) is 0 Å². The summed E-state index contributed by atoms with van der Waals surface area (Å²) in [6, 6.07) is 1.46. The predicted molar refractivity (Wildman–Crippen MR) is 90.0 cm³/mol. The molecule has 1 fully saturated rings. The van der Waals surface area contributed by atoms with Crippen LogP contribution in [0.25, 0.3) is 0 Å². The summed E-state index contributed by atoms with van der Waals surface area (Å²) in [7, 11) is 0. The van der Waals surface area contributed by atoms with E-state index in [9.17, 15) is 9.59 Å². The van der Waals surface area contributed by atoms with Crippen molar-refractivity contribution in [2.75, 3.05) is 6.54 Å². The number of H-pyrrole nitrogens is 2. The van der Waals surface area contributed by atoms with Gasteiger partial charge in [-0.3, -0.25) is 14.7 Å². The van der Waals surface area contributed by atoms with E-state index in [1.807, 2.05) is 0 Å². The molecule has 2 heterocycles. The van der Waals surface area contributed by atoms with Gasteiger partial charge in [0, 0.05) is 30.6 Å². The minimum atomic E-state index is -0.168. The van der Waals surface area contributed by atoms with Crippen molar-refractivity contribution >= 4 is 5.91 Å². The van der Waals surface area contributed by atoms with Gasteiger partial charge in [0.1, 0.15) is 5.82 Å². The van der Waals surface area contributed by atoms with Crippen LogP contribution >= 0.6 is 0 Å². The summed E-state index contributed by atoms with van der Waals surface area (Å²) in [5.74, 6) is 0.864. The summed E-state index contributed by atoms with van der Waals surface area (Å²) in [4.78, 5) is 30.7. The molecule has 0 saturated heterocycles. The number of aryl methyl sites for hydroxylation is 1. The van der Waals surface area contributed by atoms with Crippen LogP contribution in [0.1, 0.15) is 65.6 Å². The Bertz CT molecular complexity index is 758. The zero-order chi connectivity index (χ0) is 16.9. The third-order valence-electron chi connectivity index (χ3n) is 4.51. The van der Waals surface area contributed by atoms with E-state index in [0.717, 1.165) is 18.5 Å². The van der Waals surface area contributed by atoms with E-state index in [-0.39, 0.29) is 11.5 Å². The highest BCUT2D eigenvalue weighted by molar-refractivity contribution is 5.95. The third-order valence-corrected chi connectivity index (χ3v) is 4.51. The molecule has 0 aromatic carbocycles. The lowest BCUT2D eigenvalue weighted by Crippen LogP contribution is -2.27. The van der Waals surface area contributed by atoms with Crippen LogP contribution in [0.3, 0.4) is 0 Å². The molecule has 0 unspecified atom stereocenters. The monoisotopic (exact) mass is 329 g/mol. The summed E-state index contributed by atoms with van der Waals surface area (Å²) in [6.45, 7) is 2.18. The SMILES string of the molecule is Cc1nc(CCNC(=O)c2cn[nH]c2C2CCCCC2)cc(=O)[nH]1. The van der Waals surface area contributed by atoms with Crippen molar-refractivity contribution in [2.45, 2.75) is 51.4 Å². The van der Waals surface area contributed by atoms with Gasteiger partial charge in [-0.25, -0.2) is 4.98 Å². The van der Waals surface area contributed by atoms with Gasteiger partial charge in [-0.05, 0) is 19.8 Å². The number of hydrogen-bond donors (Lipinski definition) is 3. The molecule has 0 bridgehead atoms. The van der Waals surface area contributed by atoms with Crippen molar-refractivity contribution in [1.29, 1.82) is 0 Å². The lowest BCUT2D eigenvalue weighted by atomic mass is 9.85. The Morgan fingerprint density at radius 3 is 2.88 bits per heavy atom. The van der Waals surface area contributed by atoms with Crippen LogP contribution in [-0.4, -0.2) is 32.6 Å². The molecule has 3 N–H and O–H groups in total. The van der Waals surface area contributed by atoms with E-state index in [4.69, 9.17) is 0 Å². The van der Waals surface area contributed by atoms with Crippen LogP contribution in [0.4, 0.5) is 0 Å². The number of carbonyl (C=O) groups is 1. The second-order valence-corrected chi connectivity index (χ2v) is 6.36. The van der Waals surface area contributed by atoms with Crippen LogP contribution in [0, 0.1) is 6.92 Å². The summed E-state index contributed by atoms with van der Waals surface area (Å²) in [6.07, 6.45) is 8.03. The van der Waals surface area contributed by atoms with Crippen LogP contribution in [0.5, 0.6) is 0 Å². The van der Waals surface area contributed by atoms with E-state index >= 15 is 0 Å². The molecular weight excluding hydrogens is 306 g/mol. The summed E-state index contributed by atoms with van der Waals surface area (Å²) >= 11 is 0. The Hall–Kier alpha value is -2.44. The Morgan fingerprint density at radius 2 is 2.12 bits per heavy atom. The minimum Gasteiger partial charge on any atom is -0.352 e. The van der Waals surface area contributed by atoms with E-state index < -0.39 is 0 Å². The first kappa shape index (κ1) is 16.4. The Balaban J connectivity index is 1.59. The summed E-state index contributed by atoms with van der Waals surface area (Å²) in [5.41, 5.74) is 2.10. The fourth-order valence-corrected chi connectivity index (χ4v) is 3.35. The highest BCUT2D eigenvalue weighted by Gasteiger charge is 2.23. The maximum atomic E-state index is 12.4. The fraction of sp³-hybridized carbons (Fsp3) is 0.529. The van der Waals surface area contributed by atoms with Crippen molar-refractivity contribution in [3.63, 3.8) is 0 Å². The normalized spacial score (nSPS) is 15.4. The molecule has 1 amide bonds. The van der Waals surface area contributed by atoms with Gasteiger partial charge < -0.3 is 10.3 Å². The van der Waals surface area contributed by atoms with Gasteiger partial charge in [0.25, 0.3) is 11.5 Å². The number of nitrogens with one attached hydrogen (secondary N) is 3. The lowest BCUT2D eigenvalue weighted by molar-refractivity contribution is 0.0952. The summed E-state index contributed by atoms with van der Waals surface area (Å²) in [5, 5.41) is 9.98. The van der Waals surface area contributed by atoms with E-state index in [0.29, 0.717) is 36.0 Å². The van der Waals surface area contributed by atoms with E-state index in [2.05, 4.69) is 25.5 Å². The van der Waals surface area contributed by atoms with Gasteiger partial charge in [-0.1, -0.05) is 19.3 Å². The van der Waals surface area contributed by atoms with Gasteiger partial charge in [0.05, 0.1) is 17.5 Å². The zero-order valence-corrected chi connectivity index (χ0v) is 13.9. The first-order chi connectivity index (χ1) is 11.6. The highest BCUT2D eigenvalue weighted by atomic mass is 16.1. The number of nitrogens with zero attached hydrogens (tertiary/aromatic N) is 2. The molecule has 2 aromatic rings. The van der Waals surface area contributed by atoms with Gasteiger partial charge >= 0.3 is 0 Å². The fourth-order valence-electron chi connectivity index (χ4n) is 3.35. The van der Waals surface area contributed by atoms with Gasteiger partial charge in [0.15, 0.2) is 0 Å². The number of aromatic amines is 2. The first-order valence-electron chi connectivity index (χ1n) is 8.52. The number of rotatable bonds is 5. The summed E-state index contributed by atoms with van der Waals surface area (Å²) < 4.78 is 0. The minimum absolute atomic E-state index is 0.120. The molecular formula is C17H23N5O2. The topological polar surface area (TPSA) is 104 Å². The molecule has 1 aliphatic carbocycles. The van der Waals surface area contributed by atoms with Crippen molar-refractivity contribution in [1.82, 2.24) is 25.5 Å². The average Bonchev–Trinajstić information content (AvgIpc) is 3.04. The van der Waals surface area contributed by atoms with Crippen LogP contribution in [0.15, 0.2) is 17.1 Å². The van der Waals surface area contributed by atoms with Crippen molar-refractivity contribution in [3.8, 4) is 0 Å². The third kappa shape index (κ3) is 3.90. The second-order valence-electron chi connectivity index (χ2n) is 6.36. The van der Waals surface area contributed by atoms with Crippen LogP contribution in [-0.2, 0) is 6.42 Å². The van der Waals surface area contributed by atoms with Crippen molar-refractivity contribution in [2.24, 2.45) is 0 Å². The number of aromatic nitrogens is 4. The smallest absolute Gasteiger partial charge is 0.254 e. The quantitative estimate of drug-likeness (QED) is 0.778. The maximum absolute atomic E-state index is 12.4. The molecule has 7 nitrogen and oxygen atoms in total. The first-order valence-corrected chi connectivity index (χ1v) is 8.52.